The molecule has 1 atom stereocenters. The Morgan fingerprint density at radius 1 is 1.18 bits per heavy atom. The van der Waals surface area contributed by atoms with Crippen molar-refractivity contribution in [3.8, 4) is 0 Å². The fraction of sp³-hybridized carbons (Fsp3) is 0.533. The molecule has 1 aromatic carbocycles. The summed E-state index contributed by atoms with van der Waals surface area (Å²) >= 11 is 0. The largest absolute Gasteiger partial charge is 0.824 e. The third-order valence-corrected chi connectivity index (χ3v) is 4.76. The van der Waals surface area contributed by atoms with Crippen LogP contribution >= 0.6 is 8.20 Å². The molecule has 94 valence electrons. The van der Waals surface area contributed by atoms with E-state index in [0.717, 1.165) is 31.3 Å². The molecule has 1 rings (SSSR count). The summed E-state index contributed by atoms with van der Waals surface area (Å²) in [5, 5.41) is 12.3. The molecule has 0 aliphatic rings. The monoisotopic (exact) mass is 249 g/mol. The molecule has 2 heteroatoms. The Morgan fingerprint density at radius 2 is 1.76 bits per heavy atom. The molecule has 0 bridgehead atoms. The van der Waals surface area contributed by atoms with Crippen LogP contribution in [0.5, 0.6) is 0 Å². The highest BCUT2D eigenvalue weighted by Crippen LogP contribution is 2.24. The van der Waals surface area contributed by atoms with E-state index in [4.69, 9.17) is 0 Å². The summed E-state index contributed by atoms with van der Waals surface area (Å²) in [6, 6.07) is 2.13. The summed E-state index contributed by atoms with van der Waals surface area (Å²) in [4.78, 5) is 0. The normalized spacial score (nSPS) is 13.9. The zero-order valence-corrected chi connectivity index (χ0v) is 12.6. The van der Waals surface area contributed by atoms with Crippen LogP contribution in [-0.4, -0.2) is 11.1 Å². The van der Waals surface area contributed by atoms with Crippen molar-refractivity contribution in [1.82, 2.24) is 0 Å². The van der Waals surface area contributed by atoms with Gasteiger partial charge in [-0.15, -0.1) is 13.7 Å². The van der Waals surface area contributed by atoms with E-state index in [1.807, 2.05) is 6.92 Å². The van der Waals surface area contributed by atoms with Gasteiger partial charge in [-0.1, -0.05) is 19.9 Å². The van der Waals surface area contributed by atoms with E-state index >= 15 is 0 Å². The maximum Gasteiger partial charge on any atom is -0.00317 e. The molecule has 0 spiro atoms. The predicted octanol–water partition coefficient (Wildman–Crippen LogP) is 3.50. The average molecular weight is 249 g/mol. The minimum atomic E-state index is 0.275. The highest BCUT2D eigenvalue weighted by atomic mass is 31.1. The lowest BCUT2D eigenvalue weighted by molar-refractivity contribution is -0.207. The van der Waals surface area contributed by atoms with Crippen LogP contribution in [0.2, 0.25) is 0 Å². The Bertz CT molecular complexity index is 447. The fourth-order valence-electron chi connectivity index (χ4n) is 1.97. The van der Waals surface area contributed by atoms with Gasteiger partial charge in [0.1, 0.15) is 0 Å². The lowest BCUT2D eigenvalue weighted by Gasteiger charge is -2.22. The van der Waals surface area contributed by atoms with Crippen LogP contribution in [0.3, 0.4) is 0 Å². The molecule has 1 nitrogen and oxygen atoms in total. The molecule has 0 N–H and O–H groups in total. The Balaban J connectivity index is 3.32. The SMILES string of the molecule is CCC(C)P=C([O-])c1c(C)cc(C)c(C)c1C. The number of rotatable bonds is 3. The first-order chi connectivity index (χ1) is 7.88. The van der Waals surface area contributed by atoms with E-state index in [2.05, 4.69) is 40.7 Å². The van der Waals surface area contributed by atoms with E-state index in [9.17, 15) is 5.11 Å². The number of hydrogen-bond donors (Lipinski definition) is 0. The van der Waals surface area contributed by atoms with Gasteiger partial charge in [-0.2, -0.15) is 0 Å². The number of hydrogen-bond acceptors (Lipinski definition) is 1. The summed E-state index contributed by atoms with van der Waals surface area (Å²) in [6.07, 6.45) is 1.05. The lowest BCUT2D eigenvalue weighted by atomic mass is 9.95. The second-order valence-corrected chi connectivity index (χ2v) is 6.37. The van der Waals surface area contributed by atoms with Crippen molar-refractivity contribution in [2.75, 3.05) is 0 Å². The van der Waals surface area contributed by atoms with Crippen LogP contribution in [-0.2, 0) is 0 Å². The molecule has 0 aliphatic heterocycles. The summed E-state index contributed by atoms with van der Waals surface area (Å²) in [5.74, 6) is 0. The quantitative estimate of drug-likeness (QED) is 0.752. The summed E-state index contributed by atoms with van der Waals surface area (Å²) < 4.78 is 0. The van der Waals surface area contributed by atoms with Gasteiger partial charge in [0.25, 0.3) is 0 Å². The average Bonchev–Trinajstić information content (AvgIpc) is 2.25. The number of aryl methyl sites for hydroxylation is 2. The second-order valence-electron chi connectivity index (χ2n) is 4.83. The van der Waals surface area contributed by atoms with Gasteiger partial charge in [-0.3, -0.25) is 0 Å². The molecule has 0 aliphatic carbocycles. The van der Waals surface area contributed by atoms with Crippen LogP contribution in [0.1, 0.15) is 48.1 Å². The molecule has 17 heavy (non-hydrogen) atoms. The lowest BCUT2D eigenvalue weighted by Crippen LogP contribution is -2.20. The minimum Gasteiger partial charge on any atom is -0.824 e. The van der Waals surface area contributed by atoms with Gasteiger partial charge in [0.05, 0.1) is 0 Å². The van der Waals surface area contributed by atoms with Crippen LogP contribution < -0.4 is 5.11 Å². The second kappa shape index (κ2) is 5.80. The predicted molar refractivity (Wildman–Crippen MR) is 76.2 cm³/mol. The van der Waals surface area contributed by atoms with E-state index in [1.165, 1.54) is 11.1 Å². The maximum absolute atomic E-state index is 12.3. The van der Waals surface area contributed by atoms with Crippen molar-refractivity contribution in [1.29, 1.82) is 0 Å². The highest BCUT2D eigenvalue weighted by molar-refractivity contribution is 7.41. The van der Waals surface area contributed by atoms with Gasteiger partial charge in [-0.25, -0.2) is 0 Å². The van der Waals surface area contributed by atoms with Gasteiger partial charge in [0.15, 0.2) is 0 Å². The molecule has 0 saturated carbocycles. The van der Waals surface area contributed by atoms with Crippen LogP contribution in [0.15, 0.2) is 6.07 Å². The molecular weight excluding hydrogens is 227 g/mol. The zero-order valence-electron chi connectivity index (χ0n) is 11.7. The van der Waals surface area contributed by atoms with Crippen LogP contribution in [0.4, 0.5) is 0 Å². The summed E-state index contributed by atoms with van der Waals surface area (Å²) in [6.45, 7) is 12.6. The molecule has 1 unspecified atom stereocenters. The van der Waals surface area contributed by atoms with Gasteiger partial charge in [0, 0.05) is 0 Å². The third kappa shape index (κ3) is 3.18. The minimum absolute atomic E-state index is 0.275. The molecule has 0 heterocycles. The Morgan fingerprint density at radius 3 is 2.29 bits per heavy atom. The Labute approximate surface area is 107 Å². The van der Waals surface area contributed by atoms with Crippen molar-refractivity contribution in [3.05, 3.63) is 33.9 Å². The Hall–Kier alpha value is -0.650. The topological polar surface area (TPSA) is 23.1 Å². The van der Waals surface area contributed by atoms with Crippen LogP contribution in [0, 0.1) is 27.7 Å². The third-order valence-electron chi connectivity index (χ3n) is 3.50. The first kappa shape index (κ1) is 14.4. The standard InChI is InChI=1S/C15H23OP/c1-7-11(4)17-15(16)14-10(3)8-9(2)12(5)13(14)6/h8,11,16H,7H2,1-6H3/p-1. The van der Waals surface area contributed by atoms with Crippen molar-refractivity contribution in [2.45, 2.75) is 53.6 Å². The first-order valence-electron chi connectivity index (χ1n) is 6.21. The summed E-state index contributed by atoms with van der Waals surface area (Å²) in [5.41, 5.74) is 6.46. The van der Waals surface area contributed by atoms with Gasteiger partial charge in [0.2, 0.25) is 0 Å². The van der Waals surface area contributed by atoms with Gasteiger partial charge in [-0.05, 0) is 67.6 Å². The van der Waals surface area contributed by atoms with Crippen molar-refractivity contribution < 1.29 is 5.11 Å². The molecule has 0 fully saturated rings. The molecule has 0 aromatic heterocycles. The van der Waals surface area contributed by atoms with Crippen molar-refractivity contribution >= 4 is 13.7 Å². The van der Waals surface area contributed by atoms with Gasteiger partial charge < -0.3 is 5.11 Å². The zero-order chi connectivity index (χ0) is 13.2. The van der Waals surface area contributed by atoms with Crippen molar-refractivity contribution in [2.24, 2.45) is 0 Å². The fourth-order valence-corrected chi connectivity index (χ4v) is 3.03. The van der Waals surface area contributed by atoms with E-state index < -0.39 is 0 Å². The first-order valence-corrected chi connectivity index (χ1v) is 7.17. The van der Waals surface area contributed by atoms with Gasteiger partial charge >= 0.3 is 0 Å². The van der Waals surface area contributed by atoms with E-state index in [-0.39, 0.29) is 5.48 Å². The van der Waals surface area contributed by atoms with E-state index in [1.54, 1.807) is 0 Å². The molecule has 0 amide bonds. The molecule has 0 saturated heterocycles. The van der Waals surface area contributed by atoms with Crippen molar-refractivity contribution in [3.63, 3.8) is 0 Å². The maximum atomic E-state index is 12.3. The van der Waals surface area contributed by atoms with Crippen LogP contribution in [0.25, 0.3) is 0 Å². The molecule has 0 radical (unpaired) electrons. The van der Waals surface area contributed by atoms with E-state index in [0.29, 0.717) is 5.66 Å². The molecular formula is C15H22OP-. The molecule has 1 aromatic rings. The summed E-state index contributed by atoms with van der Waals surface area (Å²) in [7, 11) is 0.930. The Kier molecular flexibility index (Phi) is 4.91. The smallest absolute Gasteiger partial charge is 0.00317 e. The number of benzene rings is 1. The highest BCUT2D eigenvalue weighted by Gasteiger charge is 2.07.